The highest BCUT2D eigenvalue weighted by molar-refractivity contribution is 7.80. The van der Waals surface area contributed by atoms with Gasteiger partial charge < -0.3 is 5.32 Å². The van der Waals surface area contributed by atoms with Gasteiger partial charge in [-0.15, -0.1) is 0 Å². The fraction of sp³-hybridized carbons (Fsp3) is 0.318. The van der Waals surface area contributed by atoms with Crippen molar-refractivity contribution in [3.63, 3.8) is 0 Å². The van der Waals surface area contributed by atoms with Crippen LogP contribution >= 0.6 is 12.2 Å². The molecule has 2 atom stereocenters. The number of thiocarbonyl (C=S) groups is 1. The minimum Gasteiger partial charge on any atom is -0.368 e. The third kappa shape index (κ3) is 3.92. The van der Waals surface area contributed by atoms with Crippen molar-refractivity contribution < 1.29 is 9.59 Å². The predicted molar refractivity (Wildman–Crippen MR) is 116 cm³/mol. The molecular formula is C22H25N3O2S. The molecular weight excluding hydrogens is 370 g/mol. The number of hydrogen-bond donors (Lipinski definition) is 2. The number of para-hydroxylation sites is 1. The number of benzene rings is 2. The van der Waals surface area contributed by atoms with E-state index in [2.05, 4.69) is 10.7 Å². The van der Waals surface area contributed by atoms with E-state index in [1.165, 1.54) is 5.01 Å². The van der Waals surface area contributed by atoms with Crippen LogP contribution in [0, 0.1) is 0 Å². The number of carbonyl (C=O) groups excluding carboxylic acids is 2. The number of anilines is 1. The molecule has 2 N–H and O–H groups in total. The van der Waals surface area contributed by atoms with Crippen molar-refractivity contribution >= 4 is 34.7 Å². The average molecular weight is 396 g/mol. The normalized spacial score (nSPS) is 16.5. The Morgan fingerprint density at radius 2 is 1.79 bits per heavy atom. The van der Waals surface area contributed by atoms with E-state index in [9.17, 15) is 9.59 Å². The largest absolute Gasteiger partial charge is 0.368 e. The molecule has 0 aromatic heterocycles. The van der Waals surface area contributed by atoms with Gasteiger partial charge in [0.05, 0.1) is 16.6 Å². The standard InChI is InChI=1S/C22H25N3O2S/c1-4-9-20(28)23-15(3)21(26)24-25-19-13-8-7-12-18(19)17-11-6-5-10-16(17)14(2)22(25)27/h5-8,10-15H,4,9H2,1-3H3,(H,23,28)(H,24,26)/t14?,15-/m0/s1. The van der Waals surface area contributed by atoms with E-state index in [0.717, 1.165) is 29.5 Å². The summed E-state index contributed by atoms with van der Waals surface area (Å²) in [5.41, 5.74) is 6.34. The predicted octanol–water partition coefficient (Wildman–Crippen LogP) is 3.94. The fourth-order valence-electron chi connectivity index (χ4n) is 3.39. The van der Waals surface area contributed by atoms with Crippen molar-refractivity contribution in [1.82, 2.24) is 10.7 Å². The first-order chi connectivity index (χ1) is 13.4. The molecule has 2 amide bonds. The number of fused-ring (bicyclic) bond motifs is 3. The first-order valence-corrected chi connectivity index (χ1v) is 9.97. The average Bonchev–Trinajstić information content (AvgIpc) is 2.78. The van der Waals surface area contributed by atoms with Crippen LogP contribution in [0.1, 0.15) is 45.1 Å². The number of carbonyl (C=O) groups is 2. The lowest BCUT2D eigenvalue weighted by molar-refractivity contribution is -0.127. The number of hydrazine groups is 1. The monoisotopic (exact) mass is 395 g/mol. The molecule has 0 radical (unpaired) electrons. The van der Waals surface area contributed by atoms with Crippen molar-refractivity contribution in [2.45, 2.75) is 45.6 Å². The zero-order chi connectivity index (χ0) is 20.3. The molecule has 1 unspecified atom stereocenters. The zero-order valence-electron chi connectivity index (χ0n) is 16.4. The quantitative estimate of drug-likeness (QED) is 0.753. The van der Waals surface area contributed by atoms with E-state index in [1.54, 1.807) is 6.92 Å². The van der Waals surface area contributed by atoms with E-state index in [4.69, 9.17) is 12.2 Å². The van der Waals surface area contributed by atoms with Crippen LogP contribution in [0.15, 0.2) is 48.5 Å². The van der Waals surface area contributed by atoms with Crippen molar-refractivity contribution in [3.05, 3.63) is 54.1 Å². The highest BCUT2D eigenvalue weighted by Gasteiger charge is 2.32. The summed E-state index contributed by atoms with van der Waals surface area (Å²) in [4.78, 5) is 26.6. The Morgan fingerprint density at radius 1 is 1.14 bits per heavy atom. The molecule has 2 aromatic rings. The maximum Gasteiger partial charge on any atom is 0.261 e. The first-order valence-electron chi connectivity index (χ1n) is 9.56. The minimum absolute atomic E-state index is 0.172. The van der Waals surface area contributed by atoms with Crippen molar-refractivity contribution in [3.8, 4) is 11.1 Å². The maximum absolute atomic E-state index is 13.2. The molecule has 0 fully saturated rings. The molecule has 1 heterocycles. The Hall–Kier alpha value is -2.73. The Balaban J connectivity index is 1.92. The van der Waals surface area contributed by atoms with Gasteiger partial charge in [0.25, 0.3) is 11.8 Å². The summed E-state index contributed by atoms with van der Waals surface area (Å²) in [5, 5.41) is 4.41. The summed E-state index contributed by atoms with van der Waals surface area (Å²) < 4.78 is 0. The van der Waals surface area contributed by atoms with Gasteiger partial charge in [0, 0.05) is 5.56 Å². The number of nitrogens with one attached hydrogen (secondary N) is 2. The molecule has 0 saturated heterocycles. The highest BCUT2D eigenvalue weighted by Crippen LogP contribution is 2.39. The second-order valence-electron chi connectivity index (χ2n) is 7.01. The van der Waals surface area contributed by atoms with Crippen LogP contribution in [0.5, 0.6) is 0 Å². The Kier molecular flexibility index (Phi) is 6.09. The van der Waals surface area contributed by atoms with Crippen LogP contribution in [-0.4, -0.2) is 22.8 Å². The van der Waals surface area contributed by atoms with E-state index in [-0.39, 0.29) is 17.7 Å². The van der Waals surface area contributed by atoms with E-state index in [0.29, 0.717) is 10.7 Å². The molecule has 1 aliphatic heterocycles. The van der Waals surface area contributed by atoms with Crippen LogP contribution in [0.4, 0.5) is 5.69 Å². The lowest BCUT2D eigenvalue weighted by Crippen LogP contribution is -2.54. The molecule has 28 heavy (non-hydrogen) atoms. The summed E-state index contributed by atoms with van der Waals surface area (Å²) >= 11 is 5.26. The molecule has 0 saturated carbocycles. The van der Waals surface area contributed by atoms with Gasteiger partial charge in [0.2, 0.25) is 0 Å². The molecule has 0 aliphatic carbocycles. The number of rotatable bonds is 5. The van der Waals surface area contributed by atoms with Crippen LogP contribution in [0.2, 0.25) is 0 Å². The molecule has 5 nitrogen and oxygen atoms in total. The van der Waals surface area contributed by atoms with Crippen LogP contribution < -0.4 is 15.8 Å². The molecule has 6 heteroatoms. The molecule has 0 bridgehead atoms. The lowest BCUT2D eigenvalue weighted by Gasteiger charge is -2.27. The fourth-order valence-corrected chi connectivity index (χ4v) is 3.77. The molecule has 2 aromatic carbocycles. The van der Waals surface area contributed by atoms with Gasteiger partial charge in [-0.3, -0.25) is 15.0 Å². The van der Waals surface area contributed by atoms with E-state index >= 15 is 0 Å². The second kappa shape index (κ2) is 8.52. The zero-order valence-corrected chi connectivity index (χ0v) is 17.2. The van der Waals surface area contributed by atoms with Crippen molar-refractivity contribution in [1.29, 1.82) is 0 Å². The summed E-state index contributed by atoms with van der Waals surface area (Å²) in [6, 6.07) is 14.9. The molecule has 3 rings (SSSR count). The van der Waals surface area contributed by atoms with E-state index < -0.39 is 6.04 Å². The van der Waals surface area contributed by atoms with Gasteiger partial charge in [-0.1, -0.05) is 61.6 Å². The first kappa shape index (κ1) is 20.0. The topological polar surface area (TPSA) is 61.4 Å². The maximum atomic E-state index is 13.2. The van der Waals surface area contributed by atoms with Gasteiger partial charge in [-0.25, -0.2) is 5.01 Å². The third-order valence-corrected chi connectivity index (χ3v) is 5.25. The molecule has 1 aliphatic rings. The second-order valence-corrected chi connectivity index (χ2v) is 7.51. The minimum atomic E-state index is -0.542. The highest BCUT2D eigenvalue weighted by atomic mass is 32.1. The number of amides is 2. The number of hydrogen-bond acceptors (Lipinski definition) is 3. The SMILES string of the molecule is CCCC(=S)N[C@@H](C)C(=O)NN1C(=O)C(C)c2ccccc2-c2ccccc21. The van der Waals surface area contributed by atoms with Crippen molar-refractivity contribution in [2.75, 3.05) is 5.01 Å². The van der Waals surface area contributed by atoms with Crippen molar-refractivity contribution in [2.24, 2.45) is 0 Å². The Bertz CT molecular complexity index is 912. The molecule has 146 valence electrons. The Morgan fingerprint density at radius 3 is 2.50 bits per heavy atom. The Labute approximate surface area is 171 Å². The lowest BCUT2D eigenvalue weighted by atomic mass is 9.92. The van der Waals surface area contributed by atoms with Gasteiger partial charge in [0.15, 0.2) is 0 Å². The molecule has 0 spiro atoms. The summed E-state index contributed by atoms with van der Waals surface area (Å²) in [7, 11) is 0. The van der Waals surface area contributed by atoms with Crippen LogP contribution in [0.25, 0.3) is 11.1 Å². The summed E-state index contributed by atoms with van der Waals surface area (Å²) in [5.74, 6) is -0.859. The van der Waals surface area contributed by atoms with Gasteiger partial charge >= 0.3 is 0 Å². The number of nitrogens with zero attached hydrogens (tertiary/aromatic N) is 1. The van der Waals surface area contributed by atoms with E-state index in [1.807, 2.05) is 62.4 Å². The smallest absolute Gasteiger partial charge is 0.261 e. The van der Waals surface area contributed by atoms with Gasteiger partial charge in [0.1, 0.15) is 6.04 Å². The summed E-state index contributed by atoms with van der Waals surface area (Å²) in [6.07, 6.45) is 1.64. The van der Waals surface area contributed by atoms with Crippen LogP contribution in [0.3, 0.4) is 0 Å². The summed E-state index contributed by atoms with van der Waals surface area (Å²) in [6.45, 7) is 5.64. The van der Waals surface area contributed by atoms with Gasteiger partial charge in [-0.2, -0.15) is 0 Å². The van der Waals surface area contributed by atoms with Crippen LogP contribution in [-0.2, 0) is 9.59 Å². The third-order valence-electron chi connectivity index (χ3n) is 4.92. The van der Waals surface area contributed by atoms with Gasteiger partial charge in [-0.05, 0) is 43.9 Å².